The van der Waals surface area contributed by atoms with Gasteiger partial charge in [0.1, 0.15) is 17.4 Å². The summed E-state index contributed by atoms with van der Waals surface area (Å²) in [5.74, 6) is -3.45. The van der Waals surface area contributed by atoms with E-state index in [-0.39, 0.29) is 30.0 Å². The molecule has 1 amide bonds. The Kier molecular flexibility index (Phi) is 5.46. The smallest absolute Gasteiger partial charge is 0.341 e. The standard InChI is InChI=1S/C24H20F2N4O3/c1-4-33-23(32)16-11-30(22(31)13-5-8-17(25)18(26)9-13)12-24(2,3)19-15-7-6-14(10-27)28-21(15)29-20(16)19/h5-9,11H,4,12H2,1-3H3,(H,28,29). The van der Waals surface area contributed by atoms with Crippen LogP contribution in [0.5, 0.6) is 0 Å². The number of nitrogens with zero attached hydrogens (tertiary/aromatic N) is 3. The summed E-state index contributed by atoms with van der Waals surface area (Å²) < 4.78 is 32.4. The topological polar surface area (TPSA) is 99.1 Å². The molecule has 1 aromatic carbocycles. The Morgan fingerprint density at radius 3 is 2.67 bits per heavy atom. The zero-order valence-electron chi connectivity index (χ0n) is 18.2. The number of halogens is 2. The van der Waals surface area contributed by atoms with E-state index >= 15 is 0 Å². The summed E-state index contributed by atoms with van der Waals surface area (Å²) in [5, 5.41) is 9.89. The maximum atomic E-state index is 13.8. The quantitative estimate of drug-likeness (QED) is 0.607. The second-order valence-electron chi connectivity index (χ2n) is 8.29. The molecule has 9 heteroatoms. The van der Waals surface area contributed by atoms with Crippen molar-refractivity contribution in [1.29, 1.82) is 5.26 Å². The van der Waals surface area contributed by atoms with E-state index in [0.717, 1.165) is 17.7 Å². The number of pyridine rings is 1. The molecule has 0 unspecified atom stereocenters. The molecule has 168 valence electrons. The predicted octanol–water partition coefficient (Wildman–Crippen LogP) is 4.05. The van der Waals surface area contributed by atoms with Crippen molar-refractivity contribution in [2.24, 2.45) is 0 Å². The van der Waals surface area contributed by atoms with Crippen molar-refractivity contribution in [3.8, 4) is 6.07 Å². The third-order valence-electron chi connectivity index (χ3n) is 5.49. The maximum Gasteiger partial charge on any atom is 0.341 e. The number of fused-ring (bicyclic) bond motifs is 3. The predicted molar refractivity (Wildman–Crippen MR) is 116 cm³/mol. The van der Waals surface area contributed by atoms with E-state index in [0.29, 0.717) is 16.7 Å². The van der Waals surface area contributed by atoms with Crippen molar-refractivity contribution >= 4 is 28.5 Å². The molecule has 2 aromatic heterocycles. The number of esters is 1. The second-order valence-corrected chi connectivity index (χ2v) is 8.29. The van der Waals surface area contributed by atoms with Crippen molar-refractivity contribution in [2.45, 2.75) is 26.2 Å². The molecule has 0 aliphatic carbocycles. The molecule has 0 atom stereocenters. The Balaban J connectivity index is 1.91. The number of hydrogen-bond donors (Lipinski definition) is 1. The van der Waals surface area contributed by atoms with Gasteiger partial charge in [0, 0.05) is 29.1 Å². The van der Waals surface area contributed by atoms with Crippen LogP contribution >= 0.6 is 0 Å². The number of ether oxygens (including phenoxy) is 1. The van der Waals surface area contributed by atoms with Crippen LogP contribution in [-0.4, -0.2) is 39.9 Å². The number of carbonyl (C=O) groups is 2. The number of aromatic amines is 1. The van der Waals surface area contributed by atoms with Crippen LogP contribution < -0.4 is 0 Å². The van der Waals surface area contributed by atoms with Crippen molar-refractivity contribution in [2.75, 3.05) is 13.2 Å². The number of benzene rings is 1. The van der Waals surface area contributed by atoms with Crippen molar-refractivity contribution in [1.82, 2.24) is 14.9 Å². The monoisotopic (exact) mass is 450 g/mol. The van der Waals surface area contributed by atoms with E-state index in [1.807, 2.05) is 19.9 Å². The molecule has 3 heterocycles. The Bertz CT molecular complexity index is 1370. The van der Waals surface area contributed by atoms with Gasteiger partial charge in [-0.3, -0.25) is 4.79 Å². The van der Waals surface area contributed by atoms with Crippen molar-refractivity contribution in [3.63, 3.8) is 0 Å². The van der Waals surface area contributed by atoms with Crippen LogP contribution in [0.1, 0.15) is 48.1 Å². The average Bonchev–Trinajstić information content (AvgIpc) is 3.11. The lowest BCUT2D eigenvalue weighted by molar-refractivity contribution is -0.136. The van der Waals surface area contributed by atoms with Gasteiger partial charge in [-0.05, 0) is 42.8 Å². The number of nitriles is 1. The van der Waals surface area contributed by atoms with E-state index < -0.39 is 28.9 Å². The summed E-state index contributed by atoms with van der Waals surface area (Å²) in [4.78, 5) is 34.8. The van der Waals surface area contributed by atoms with Gasteiger partial charge in [-0.2, -0.15) is 5.26 Å². The summed E-state index contributed by atoms with van der Waals surface area (Å²) in [6.45, 7) is 5.70. The highest BCUT2D eigenvalue weighted by atomic mass is 19.2. The summed E-state index contributed by atoms with van der Waals surface area (Å²) >= 11 is 0. The van der Waals surface area contributed by atoms with Gasteiger partial charge in [-0.1, -0.05) is 13.8 Å². The highest BCUT2D eigenvalue weighted by Gasteiger charge is 2.38. The molecule has 0 bridgehead atoms. The molecule has 1 N–H and O–H groups in total. The van der Waals surface area contributed by atoms with Gasteiger partial charge in [0.25, 0.3) is 5.91 Å². The van der Waals surface area contributed by atoms with E-state index in [4.69, 9.17) is 4.74 Å². The summed E-state index contributed by atoms with van der Waals surface area (Å²) in [6, 6.07) is 8.22. The van der Waals surface area contributed by atoms with Crippen LogP contribution in [0.25, 0.3) is 16.6 Å². The van der Waals surface area contributed by atoms with Crippen LogP contribution in [0.3, 0.4) is 0 Å². The van der Waals surface area contributed by atoms with E-state index in [1.54, 1.807) is 19.1 Å². The lowest BCUT2D eigenvalue weighted by atomic mass is 9.82. The summed E-state index contributed by atoms with van der Waals surface area (Å²) in [6.07, 6.45) is 1.36. The molecule has 0 spiro atoms. The number of carbonyl (C=O) groups excluding carboxylic acids is 2. The first-order chi connectivity index (χ1) is 15.7. The minimum atomic E-state index is -1.14. The zero-order valence-corrected chi connectivity index (χ0v) is 18.2. The molecule has 7 nitrogen and oxygen atoms in total. The van der Waals surface area contributed by atoms with Crippen LogP contribution in [0.4, 0.5) is 8.78 Å². The van der Waals surface area contributed by atoms with Crippen LogP contribution in [0.15, 0.2) is 36.5 Å². The molecular formula is C24H20F2N4O3. The Morgan fingerprint density at radius 1 is 1.24 bits per heavy atom. The molecule has 4 rings (SSSR count). The molecule has 3 aromatic rings. The minimum absolute atomic E-state index is 0.0556. The molecule has 1 aliphatic heterocycles. The number of aromatic nitrogens is 2. The lowest BCUT2D eigenvalue weighted by Crippen LogP contribution is -2.37. The number of amides is 1. The van der Waals surface area contributed by atoms with E-state index in [2.05, 4.69) is 9.97 Å². The maximum absolute atomic E-state index is 13.8. The van der Waals surface area contributed by atoms with Crippen molar-refractivity contribution < 1.29 is 23.1 Å². The van der Waals surface area contributed by atoms with Crippen molar-refractivity contribution in [3.05, 3.63) is 70.7 Å². The average molecular weight is 450 g/mol. The fourth-order valence-electron chi connectivity index (χ4n) is 4.10. The highest BCUT2D eigenvalue weighted by molar-refractivity contribution is 6.18. The number of hydrogen-bond acceptors (Lipinski definition) is 5. The van der Waals surface area contributed by atoms with Gasteiger partial charge < -0.3 is 14.6 Å². The fourth-order valence-corrected chi connectivity index (χ4v) is 4.10. The van der Waals surface area contributed by atoms with Gasteiger partial charge in [-0.15, -0.1) is 0 Å². The fraction of sp³-hybridized carbons (Fsp3) is 0.250. The first-order valence-electron chi connectivity index (χ1n) is 10.2. The van der Waals surface area contributed by atoms with Gasteiger partial charge in [0.15, 0.2) is 11.6 Å². The van der Waals surface area contributed by atoms with Gasteiger partial charge in [0.2, 0.25) is 0 Å². The molecule has 33 heavy (non-hydrogen) atoms. The highest BCUT2D eigenvalue weighted by Crippen LogP contribution is 2.40. The van der Waals surface area contributed by atoms with Crippen LogP contribution in [0, 0.1) is 23.0 Å². The third kappa shape index (κ3) is 3.84. The normalized spacial score (nSPS) is 14.8. The van der Waals surface area contributed by atoms with Gasteiger partial charge in [-0.25, -0.2) is 18.6 Å². The molecule has 0 saturated carbocycles. The van der Waals surface area contributed by atoms with E-state index in [9.17, 15) is 23.6 Å². The number of nitrogens with one attached hydrogen (secondary N) is 1. The first kappa shape index (κ1) is 22.1. The summed E-state index contributed by atoms with van der Waals surface area (Å²) in [5.41, 5.74) is 1.15. The molecule has 0 fully saturated rings. The van der Waals surface area contributed by atoms with Crippen LogP contribution in [0.2, 0.25) is 0 Å². The lowest BCUT2D eigenvalue weighted by Gasteiger charge is -2.29. The Morgan fingerprint density at radius 2 is 2.00 bits per heavy atom. The first-order valence-corrected chi connectivity index (χ1v) is 10.2. The molecule has 0 radical (unpaired) electrons. The molecule has 0 saturated heterocycles. The van der Waals surface area contributed by atoms with Gasteiger partial charge >= 0.3 is 5.97 Å². The largest absolute Gasteiger partial charge is 0.462 e. The third-order valence-corrected chi connectivity index (χ3v) is 5.49. The summed E-state index contributed by atoms with van der Waals surface area (Å²) in [7, 11) is 0. The number of H-pyrrole nitrogens is 1. The Hall–Kier alpha value is -4.06. The van der Waals surface area contributed by atoms with Crippen LogP contribution in [-0.2, 0) is 14.9 Å². The molecule has 1 aliphatic rings. The van der Waals surface area contributed by atoms with Gasteiger partial charge in [0.05, 0.1) is 17.9 Å². The Labute approximate surface area is 188 Å². The van der Waals surface area contributed by atoms with E-state index in [1.165, 1.54) is 17.2 Å². The number of rotatable bonds is 3. The minimum Gasteiger partial charge on any atom is -0.462 e. The molecular weight excluding hydrogens is 430 g/mol. The SMILES string of the molecule is CCOC(=O)C1=CN(C(=O)c2ccc(F)c(F)c2)CC(C)(C)c2c1[nH]c1nc(C#N)ccc21. The second kappa shape index (κ2) is 8.13. The zero-order chi connectivity index (χ0) is 23.9.